The second-order valence-corrected chi connectivity index (χ2v) is 13.7. The molecule has 1 aliphatic rings. The average molecular weight is 448 g/mol. The molecule has 1 aromatic rings. The summed E-state index contributed by atoms with van der Waals surface area (Å²) in [5.74, 6) is -3.39. The van der Waals surface area contributed by atoms with Crippen molar-refractivity contribution in [1.82, 2.24) is 5.32 Å². The molecular weight excluding hydrogens is 418 g/mol. The van der Waals surface area contributed by atoms with Crippen molar-refractivity contribution in [3.05, 3.63) is 41.4 Å². The van der Waals surface area contributed by atoms with Crippen LogP contribution < -0.4 is 5.32 Å². The monoisotopic (exact) mass is 447 g/mol. The second-order valence-electron chi connectivity index (χ2n) is 8.95. The Morgan fingerprint density at radius 2 is 1.81 bits per heavy atom. The van der Waals surface area contributed by atoms with Crippen LogP contribution in [0.3, 0.4) is 0 Å². The molecule has 9 nitrogen and oxygen atoms in total. The largest absolute Gasteiger partial charge is 0.482 e. The Labute approximate surface area is 182 Å². The molecule has 0 unspecified atom stereocenters. The van der Waals surface area contributed by atoms with Crippen molar-refractivity contribution in [2.45, 2.75) is 64.8 Å². The highest BCUT2D eigenvalue weighted by molar-refractivity contribution is 6.74. The summed E-state index contributed by atoms with van der Waals surface area (Å²) in [6, 6.07) is 8.82. The summed E-state index contributed by atoms with van der Waals surface area (Å²) in [5, 5.41) is 2.41. The van der Waals surface area contributed by atoms with E-state index in [0.717, 1.165) is 0 Å². The predicted molar refractivity (Wildman–Crippen MR) is 114 cm³/mol. The van der Waals surface area contributed by atoms with E-state index in [1.807, 2.05) is 6.07 Å². The molecule has 3 atom stereocenters. The molecule has 0 spiro atoms. The van der Waals surface area contributed by atoms with Crippen molar-refractivity contribution in [1.29, 1.82) is 0 Å². The smallest absolute Gasteiger partial charge is 0.452 e. The summed E-state index contributed by atoms with van der Waals surface area (Å²) in [6.07, 6.45) is -1.51. The van der Waals surface area contributed by atoms with Crippen molar-refractivity contribution >= 4 is 31.9 Å². The number of carbonyl (C=O) groups excluding carboxylic acids is 3. The lowest BCUT2D eigenvalue weighted by molar-refractivity contribution is -0.173. The van der Waals surface area contributed by atoms with Gasteiger partial charge in [0.2, 0.25) is 5.91 Å². The standard InChI is InChI=1S/C21H29N3O6Si/c1-13(30-31(5,6)21(2,3)4)15-17(25)23-18(15)29-20(27)16(24-22)19(26)28-12-14-10-8-7-9-11-14/h7-11,13,15,18H,12H2,1-6H3,(H,23,25)/t13-,15+,18-/m1/s1. The van der Waals surface area contributed by atoms with E-state index >= 15 is 0 Å². The highest BCUT2D eigenvalue weighted by Crippen LogP contribution is 2.39. The van der Waals surface area contributed by atoms with Crippen LogP contribution in [0, 0.1) is 5.92 Å². The molecule has 0 radical (unpaired) electrons. The first-order valence-corrected chi connectivity index (χ1v) is 12.9. The predicted octanol–water partition coefficient (Wildman–Crippen LogP) is 2.43. The number of amides is 1. The van der Waals surface area contributed by atoms with Crippen molar-refractivity contribution in [2.24, 2.45) is 5.92 Å². The Kier molecular flexibility index (Phi) is 7.53. The van der Waals surface area contributed by atoms with Gasteiger partial charge < -0.3 is 24.7 Å². The van der Waals surface area contributed by atoms with E-state index in [0.29, 0.717) is 5.56 Å². The third kappa shape index (κ3) is 5.87. The maximum Gasteiger partial charge on any atom is 0.482 e. The molecule has 1 aliphatic heterocycles. The van der Waals surface area contributed by atoms with Gasteiger partial charge >= 0.3 is 17.7 Å². The zero-order chi connectivity index (χ0) is 23.4. The summed E-state index contributed by atoms with van der Waals surface area (Å²) in [4.78, 5) is 39.3. The van der Waals surface area contributed by atoms with Crippen LogP contribution in [0.5, 0.6) is 0 Å². The molecule has 31 heavy (non-hydrogen) atoms. The molecule has 0 bridgehead atoms. The lowest BCUT2D eigenvalue weighted by Gasteiger charge is -2.44. The topological polar surface area (TPSA) is 127 Å². The fraction of sp³-hybridized carbons (Fsp3) is 0.524. The van der Waals surface area contributed by atoms with Gasteiger partial charge in [-0.3, -0.25) is 4.79 Å². The number of hydrogen-bond donors (Lipinski definition) is 1. The first-order chi connectivity index (χ1) is 14.4. The van der Waals surface area contributed by atoms with Gasteiger partial charge in [-0.2, -0.15) is 4.79 Å². The zero-order valence-electron chi connectivity index (χ0n) is 18.7. The Bertz CT molecular complexity index is 890. The number of nitrogens with one attached hydrogen (secondary N) is 1. The van der Waals surface area contributed by atoms with Crippen molar-refractivity contribution in [3.63, 3.8) is 0 Å². The maximum atomic E-state index is 12.4. The highest BCUT2D eigenvalue weighted by Gasteiger charge is 2.50. The van der Waals surface area contributed by atoms with Crippen LogP contribution in [-0.2, 0) is 34.9 Å². The van der Waals surface area contributed by atoms with E-state index < -0.39 is 44.2 Å². The molecule has 1 amide bonds. The first kappa shape index (κ1) is 24.5. The molecule has 1 heterocycles. The first-order valence-electron chi connectivity index (χ1n) is 9.99. The lowest BCUT2D eigenvalue weighted by atomic mass is 9.93. The number of hydrogen-bond acceptors (Lipinski definition) is 6. The van der Waals surface area contributed by atoms with Gasteiger partial charge in [-0.1, -0.05) is 51.1 Å². The van der Waals surface area contributed by atoms with Crippen LogP contribution in [-0.4, -0.2) is 49.0 Å². The molecule has 10 heteroatoms. The Hall–Kier alpha value is -2.81. The normalized spacial score (nSPS) is 19.4. The summed E-state index contributed by atoms with van der Waals surface area (Å²) in [6.45, 7) is 12.0. The number of esters is 2. The van der Waals surface area contributed by atoms with Crippen LogP contribution in [0.1, 0.15) is 33.3 Å². The summed E-state index contributed by atoms with van der Waals surface area (Å²) < 4.78 is 16.4. The minimum Gasteiger partial charge on any atom is -0.452 e. The Morgan fingerprint density at radius 1 is 1.19 bits per heavy atom. The number of β-lactam (4-membered cyclic amide) rings is 1. The molecule has 0 aromatic heterocycles. The molecule has 1 saturated heterocycles. The number of rotatable bonds is 8. The maximum absolute atomic E-state index is 12.4. The van der Waals surface area contributed by atoms with E-state index in [1.54, 1.807) is 31.2 Å². The fourth-order valence-corrected chi connectivity index (χ4v) is 4.20. The van der Waals surface area contributed by atoms with Gasteiger partial charge in [0.25, 0.3) is 0 Å². The molecule has 1 aromatic carbocycles. The van der Waals surface area contributed by atoms with Crippen LogP contribution in [0.2, 0.25) is 18.1 Å². The van der Waals surface area contributed by atoms with Crippen molar-refractivity contribution < 1.29 is 33.1 Å². The van der Waals surface area contributed by atoms with Crippen LogP contribution >= 0.6 is 0 Å². The lowest BCUT2D eigenvalue weighted by Crippen LogP contribution is -2.65. The average Bonchev–Trinajstić information content (AvgIpc) is 2.65. The minimum atomic E-state index is -2.16. The molecule has 2 rings (SSSR count). The minimum absolute atomic E-state index is 0.0626. The van der Waals surface area contributed by atoms with Gasteiger partial charge in [-0.15, -0.1) is 0 Å². The van der Waals surface area contributed by atoms with E-state index in [4.69, 9.17) is 19.4 Å². The second kappa shape index (κ2) is 9.55. The van der Waals surface area contributed by atoms with Gasteiger partial charge in [-0.25, -0.2) is 9.59 Å². The Balaban J connectivity index is 1.98. The molecule has 168 valence electrons. The van der Waals surface area contributed by atoms with Crippen molar-refractivity contribution in [3.8, 4) is 0 Å². The Morgan fingerprint density at radius 3 is 2.32 bits per heavy atom. The van der Waals surface area contributed by atoms with Gasteiger partial charge in [0.05, 0.1) is 6.10 Å². The van der Waals surface area contributed by atoms with Crippen molar-refractivity contribution in [2.75, 3.05) is 0 Å². The quantitative estimate of drug-likeness (QED) is 0.124. The molecule has 0 aliphatic carbocycles. The third-order valence-electron chi connectivity index (χ3n) is 5.64. The number of ether oxygens (including phenoxy) is 2. The van der Waals surface area contributed by atoms with Gasteiger partial charge in [0.15, 0.2) is 14.5 Å². The number of nitrogens with zero attached hydrogens (tertiary/aromatic N) is 2. The van der Waals surface area contributed by atoms with E-state index in [1.165, 1.54) is 0 Å². The van der Waals surface area contributed by atoms with Crippen LogP contribution in [0.15, 0.2) is 30.3 Å². The third-order valence-corrected chi connectivity index (χ3v) is 10.2. The van der Waals surface area contributed by atoms with E-state index in [2.05, 4.69) is 44.0 Å². The molecule has 0 saturated carbocycles. The number of benzene rings is 1. The summed E-state index contributed by atoms with van der Waals surface area (Å²) in [5.41, 5.74) is 8.91. The molecule has 1 fully saturated rings. The zero-order valence-corrected chi connectivity index (χ0v) is 19.7. The number of carbonyl (C=O) groups is 3. The fourth-order valence-electron chi connectivity index (χ4n) is 2.77. The van der Waals surface area contributed by atoms with Gasteiger partial charge in [0.1, 0.15) is 12.5 Å². The van der Waals surface area contributed by atoms with Crippen LogP contribution in [0.4, 0.5) is 0 Å². The summed E-state index contributed by atoms with van der Waals surface area (Å²) in [7, 11) is -2.16. The van der Waals surface area contributed by atoms with Crippen LogP contribution in [0.25, 0.3) is 5.53 Å². The van der Waals surface area contributed by atoms with E-state index in [-0.39, 0.29) is 17.6 Å². The molecule has 1 N–H and O–H groups in total. The SMILES string of the molecule is C[C@@H](O[Si](C)(C)C(C)(C)C)[C@H]1C(=O)N[C@@H]1OC(=O)C(=[N+]=[N-])C(=O)OCc1ccccc1. The molecular formula is C21H29N3O6Si. The summed E-state index contributed by atoms with van der Waals surface area (Å²) >= 11 is 0. The van der Waals surface area contributed by atoms with Gasteiger partial charge in [-0.05, 0) is 30.6 Å². The van der Waals surface area contributed by atoms with Gasteiger partial charge in [0, 0.05) is 0 Å². The highest BCUT2D eigenvalue weighted by atomic mass is 28.4. The van der Waals surface area contributed by atoms with E-state index in [9.17, 15) is 14.4 Å².